The first-order valence-corrected chi connectivity index (χ1v) is 8.68. The van der Waals surface area contributed by atoms with E-state index in [4.69, 9.17) is 4.74 Å². The fraction of sp³-hybridized carbons (Fsp3) is 0.941. The monoisotopic (exact) mass is 314 g/mol. The highest BCUT2D eigenvalue weighted by Gasteiger charge is 2.35. The molecule has 1 saturated carbocycles. The lowest BCUT2D eigenvalue weighted by Gasteiger charge is -2.42. The SMILES string of the molecule is CCCN(CCC)C1CC(O)CCC1NC(=O)OC(C)(C)C. The molecule has 1 fully saturated rings. The van der Waals surface area contributed by atoms with Gasteiger partial charge in [-0.2, -0.15) is 0 Å². The van der Waals surface area contributed by atoms with Crippen molar-refractivity contribution in [1.82, 2.24) is 10.2 Å². The summed E-state index contributed by atoms with van der Waals surface area (Å²) in [4.78, 5) is 14.5. The molecule has 1 aliphatic rings. The van der Waals surface area contributed by atoms with E-state index in [-0.39, 0.29) is 24.3 Å². The van der Waals surface area contributed by atoms with Gasteiger partial charge in [-0.25, -0.2) is 4.79 Å². The largest absolute Gasteiger partial charge is 0.444 e. The number of rotatable bonds is 6. The van der Waals surface area contributed by atoms with E-state index in [1.165, 1.54) is 0 Å². The van der Waals surface area contributed by atoms with E-state index in [0.29, 0.717) is 0 Å². The number of alkyl carbamates (subject to hydrolysis) is 1. The number of nitrogens with zero attached hydrogens (tertiary/aromatic N) is 1. The van der Waals surface area contributed by atoms with Crippen LogP contribution in [0.3, 0.4) is 0 Å². The van der Waals surface area contributed by atoms with Crippen LogP contribution in [0.25, 0.3) is 0 Å². The van der Waals surface area contributed by atoms with Crippen LogP contribution in [0.5, 0.6) is 0 Å². The first-order chi connectivity index (χ1) is 10.3. The van der Waals surface area contributed by atoms with Gasteiger partial charge in [0.15, 0.2) is 0 Å². The van der Waals surface area contributed by atoms with Gasteiger partial charge in [-0.1, -0.05) is 13.8 Å². The molecule has 1 amide bonds. The quantitative estimate of drug-likeness (QED) is 0.791. The average molecular weight is 314 g/mol. The van der Waals surface area contributed by atoms with Gasteiger partial charge >= 0.3 is 6.09 Å². The van der Waals surface area contributed by atoms with Crippen molar-refractivity contribution in [1.29, 1.82) is 0 Å². The molecule has 0 bridgehead atoms. The predicted molar refractivity (Wildman–Crippen MR) is 89.0 cm³/mol. The van der Waals surface area contributed by atoms with E-state index in [1.54, 1.807) is 0 Å². The lowest BCUT2D eigenvalue weighted by Crippen LogP contribution is -2.56. The molecule has 1 aliphatic carbocycles. The summed E-state index contributed by atoms with van der Waals surface area (Å²) in [5, 5.41) is 13.1. The maximum atomic E-state index is 12.1. The minimum absolute atomic E-state index is 0.0522. The fourth-order valence-electron chi connectivity index (χ4n) is 3.17. The van der Waals surface area contributed by atoms with Crippen molar-refractivity contribution in [2.75, 3.05) is 13.1 Å². The van der Waals surface area contributed by atoms with Gasteiger partial charge in [0.05, 0.1) is 6.10 Å². The Morgan fingerprint density at radius 3 is 2.32 bits per heavy atom. The van der Waals surface area contributed by atoms with Crippen molar-refractivity contribution < 1.29 is 14.6 Å². The van der Waals surface area contributed by atoms with E-state index in [0.717, 1.165) is 45.2 Å². The number of hydrogen-bond donors (Lipinski definition) is 2. The lowest BCUT2D eigenvalue weighted by molar-refractivity contribution is 0.0229. The third-order valence-electron chi connectivity index (χ3n) is 3.98. The van der Waals surface area contributed by atoms with Gasteiger partial charge < -0.3 is 15.2 Å². The summed E-state index contributed by atoms with van der Waals surface area (Å²) in [6, 6.07) is 0.243. The predicted octanol–water partition coefficient (Wildman–Crippen LogP) is 2.92. The normalized spacial score (nSPS) is 26.0. The molecule has 22 heavy (non-hydrogen) atoms. The zero-order chi connectivity index (χ0) is 16.8. The number of hydrogen-bond acceptors (Lipinski definition) is 4. The van der Waals surface area contributed by atoms with Crippen LogP contribution >= 0.6 is 0 Å². The molecule has 3 atom stereocenters. The Bertz CT molecular complexity index is 335. The summed E-state index contributed by atoms with van der Waals surface area (Å²) < 4.78 is 5.38. The summed E-state index contributed by atoms with van der Waals surface area (Å²) in [5.74, 6) is 0. The molecule has 0 aliphatic heterocycles. The highest BCUT2D eigenvalue weighted by atomic mass is 16.6. The first-order valence-electron chi connectivity index (χ1n) is 8.68. The Kier molecular flexibility index (Phi) is 7.63. The Balaban J connectivity index is 2.73. The molecule has 0 radical (unpaired) electrons. The van der Waals surface area contributed by atoms with Gasteiger partial charge in [-0.3, -0.25) is 4.90 Å². The average Bonchev–Trinajstić information content (AvgIpc) is 2.38. The Morgan fingerprint density at radius 2 is 1.82 bits per heavy atom. The Morgan fingerprint density at radius 1 is 1.23 bits per heavy atom. The van der Waals surface area contributed by atoms with Crippen molar-refractivity contribution in [3.8, 4) is 0 Å². The molecule has 0 spiro atoms. The first kappa shape index (κ1) is 19.2. The highest BCUT2D eigenvalue weighted by molar-refractivity contribution is 5.68. The van der Waals surface area contributed by atoms with Crippen molar-refractivity contribution in [3.05, 3.63) is 0 Å². The second-order valence-electron chi connectivity index (χ2n) is 7.32. The van der Waals surface area contributed by atoms with Gasteiger partial charge in [-0.05, 0) is 66.0 Å². The van der Waals surface area contributed by atoms with E-state index < -0.39 is 5.60 Å². The van der Waals surface area contributed by atoms with Gasteiger partial charge in [0.2, 0.25) is 0 Å². The maximum absolute atomic E-state index is 12.1. The molecule has 0 aromatic rings. The van der Waals surface area contributed by atoms with Crippen LogP contribution in [0.4, 0.5) is 4.79 Å². The van der Waals surface area contributed by atoms with Crippen molar-refractivity contribution in [2.24, 2.45) is 0 Å². The standard InChI is InChI=1S/C17H34N2O3/c1-6-10-19(11-7-2)15-12-13(20)8-9-14(15)18-16(21)22-17(3,4)5/h13-15,20H,6-12H2,1-5H3,(H,18,21). The van der Waals surface area contributed by atoms with E-state index in [2.05, 4.69) is 24.1 Å². The third kappa shape index (κ3) is 6.53. The molecular formula is C17H34N2O3. The van der Waals surface area contributed by atoms with Crippen LogP contribution < -0.4 is 5.32 Å². The second kappa shape index (κ2) is 8.73. The number of nitrogens with one attached hydrogen (secondary N) is 1. The van der Waals surface area contributed by atoms with Crippen molar-refractivity contribution >= 4 is 6.09 Å². The van der Waals surface area contributed by atoms with E-state index in [1.807, 2.05) is 20.8 Å². The van der Waals surface area contributed by atoms with E-state index >= 15 is 0 Å². The van der Waals surface area contributed by atoms with Crippen molar-refractivity contribution in [2.45, 2.75) is 90.5 Å². The van der Waals surface area contributed by atoms with Gasteiger partial charge in [-0.15, -0.1) is 0 Å². The fourth-order valence-corrected chi connectivity index (χ4v) is 3.17. The molecule has 3 unspecified atom stereocenters. The number of ether oxygens (including phenoxy) is 1. The summed E-state index contributed by atoms with van der Waals surface area (Å²) >= 11 is 0. The van der Waals surface area contributed by atoms with Gasteiger partial charge in [0.25, 0.3) is 0 Å². The molecular weight excluding hydrogens is 280 g/mol. The lowest BCUT2D eigenvalue weighted by atomic mass is 9.87. The molecule has 130 valence electrons. The molecule has 0 heterocycles. The maximum Gasteiger partial charge on any atom is 0.407 e. The van der Waals surface area contributed by atoms with Crippen LogP contribution in [-0.4, -0.2) is 53.0 Å². The number of carbonyl (C=O) groups is 1. The summed E-state index contributed by atoms with van der Waals surface area (Å²) in [5.41, 5.74) is -0.486. The Labute approximate surface area is 135 Å². The smallest absolute Gasteiger partial charge is 0.407 e. The molecule has 5 nitrogen and oxygen atoms in total. The highest BCUT2D eigenvalue weighted by Crippen LogP contribution is 2.25. The van der Waals surface area contributed by atoms with Crippen LogP contribution in [0.1, 0.15) is 66.7 Å². The molecule has 0 aromatic heterocycles. The number of amides is 1. The van der Waals surface area contributed by atoms with Crippen LogP contribution in [0.15, 0.2) is 0 Å². The second-order valence-corrected chi connectivity index (χ2v) is 7.32. The minimum atomic E-state index is -0.486. The summed E-state index contributed by atoms with van der Waals surface area (Å²) in [6.45, 7) is 11.9. The summed E-state index contributed by atoms with van der Waals surface area (Å²) in [7, 11) is 0. The van der Waals surface area contributed by atoms with Crippen LogP contribution in [0, 0.1) is 0 Å². The van der Waals surface area contributed by atoms with Gasteiger partial charge in [0.1, 0.15) is 5.60 Å². The number of carbonyl (C=O) groups excluding carboxylic acids is 1. The number of aliphatic hydroxyl groups is 1. The van der Waals surface area contributed by atoms with Crippen molar-refractivity contribution in [3.63, 3.8) is 0 Å². The molecule has 1 rings (SSSR count). The molecule has 0 saturated heterocycles. The molecule has 2 N–H and O–H groups in total. The third-order valence-corrected chi connectivity index (χ3v) is 3.98. The molecule has 5 heteroatoms. The minimum Gasteiger partial charge on any atom is -0.444 e. The Hall–Kier alpha value is -0.810. The summed E-state index contributed by atoms with van der Waals surface area (Å²) in [6.07, 6.45) is 3.79. The topological polar surface area (TPSA) is 61.8 Å². The zero-order valence-electron chi connectivity index (χ0n) is 14.9. The van der Waals surface area contributed by atoms with Crippen LogP contribution in [0.2, 0.25) is 0 Å². The zero-order valence-corrected chi connectivity index (χ0v) is 14.9. The van der Waals surface area contributed by atoms with Crippen LogP contribution in [-0.2, 0) is 4.74 Å². The molecule has 0 aromatic carbocycles. The number of aliphatic hydroxyl groups excluding tert-OH is 1. The van der Waals surface area contributed by atoms with Gasteiger partial charge in [0, 0.05) is 12.1 Å². The van der Waals surface area contributed by atoms with E-state index in [9.17, 15) is 9.90 Å².